The molecule has 1 atom stereocenters. The molecule has 1 aromatic heterocycles. The predicted molar refractivity (Wildman–Crippen MR) is 91.4 cm³/mol. The van der Waals surface area contributed by atoms with Gasteiger partial charge in [-0.05, 0) is 30.9 Å². The van der Waals surface area contributed by atoms with Gasteiger partial charge in [-0.1, -0.05) is 20.8 Å². The maximum absolute atomic E-state index is 13.3. The Labute approximate surface area is 141 Å². The number of amides is 1. The Kier molecular flexibility index (Phi) is 4.47. The number of hydrogen-bond donors (Lipinski definition) is 1. The first-order valence-electron chi connectivity index (χ1n) is 8.42. The minimum atomic E-state index is -0.376. The van der Waals surface area contributed by atoms with Crippen LogP contribution in [0.4, 0.5) is 10.4 Å². The molecule has 0 radical (unpaired) electrons. The molecule has 1 N–H and O–H groups in total. The number of oxazole rings is 1. The van der Waals surface area contributed by atoms with Gasteiger partial charge in [0.15, 0.2) is 5.58 Å². The molecule has 5 nitrogen and oxygen atoms in total. The first kappa shape index (κ1) is 16.7. The van der Waals surface area contributed by atoms with Crippen molar-refractivity contribution < 1.29 is 13.6 Å². The number of hydrogen-bond acceptors (Lipinski definition) is 4. The van der Waals surface area contributed by atoms with Crippen LogP contribution in [0.15, 0.2) is 22.6 Å². The maximum atomic E-state index is 13.3. The molecule has 24 heavy (non-hydrogen) atoms. The van der Waals surface area contributed by atoms with Crippen LogP contribution < -0.4 is 10.2 Å². The first-order valence-corrected chi connectivity index (χ1v) is 8.42. The Hall–Kier alpha value is -2.11. The van der Waals surface area contributed by atoms with Crippen LogP contribution in [0.25, 0.3) is 11.1 Å². The van der Waals surface area contributed by atoms with E-state index in [2.05, 4.69) is 15.2 Å². The lowest BCUT2D eigenvalue weighted by Gasteiger charge is -2.32. The van der Waals surface area contributed by atoms with Crippen molar-refractivity contribution >= 4 is 23.0 Å². The van der Waals surface area contributed by atoms with Crippen molar-refractivity contribution in [2.45, 2.75) is 33.6 Å². The zero-order valence-corrected chi connectivity index (χ0v) is 14.4. The lowest BCUT2D eigenvalue weighted by atomic mass is 9.94. The fourth-order valence-electron chi connectivity index (χ4n) is 2.93. The number of fused-ring (bicyclic) bond motifs is 1. The monoisotopic (exact) mass is 333 g/mol. The molecular formula is C18H24FN3O2. The molecule has 0 aliphatic carbocycles. The van der Waals surface area contributed by atoms with E-state index < -0.39 is 0 Å². The Bertz CT molecular complexity index is 735. The van der Waals surface area contributed by atoms with Gasteiger partial charge in [-0.15, -0.1) is 0 Å². The summed E-state index contributed by atoms with van der Waals surface area (Å²) in [4.78, 5) is 18.5. The zero-order valence-electron chi connectivity index (χ0n) is 14.4. The third-order valence-electron chi connectivity index (χ3n) is 4.36. The average Bonchev–Trinajstić information content (AvgIpc) is 2.95. The highest BCUT2D eigenvalue weighted by Gasteiger charge is 2.26. The van der Waals surface area contributed by atoms with Gasteiger partial charge < -0.3 is 14.6 Å². The van der Waals surface area contributed by atoms with Crippen LogP contribution in [0.1, 0.15) is 33.6 Å². The van der Waals surface area contributed by atoms with E-state index in [1.807, 2.05) is 20.8 Å². The molecule has 2 heterocycles. The molecule has 6 heteroatoms. The third-order valence-corrected chi connectivity index (χ3v) is 4.36. The van der Waals surface area contributed by atoms with Crippen molar-refractivity contribution in [3.05, 3.63) is 24.0 Å². The molecule has 1 aliphatic heterocycles. The van der Waals surface area contributed by atoms with Crippen molar-refractivity contribution in [2.24, 2.45) is 11.3 Å². The van der Waals surface area contributed by atoms with Crippen molar-refractivity contribution in [2.75, 3.05) is 24.5 Å². The topological polar surface area (TPSA) is 58.4 Å². The highest BCUT2D eigenvalue weighted by Crippen LogP contribution is 2.26. The SMILES string of the molecule is CC(C)(C)C(=O)NCC1CCCN(c2nc3ccc(F)cc3o2)C1. The summed E-state index contributed by atoms with van der Waals surface area (Å²) < 4.78 is 19.0. The van der Waals surface area contributed by atoms with Gasteiger partial charge in [0.2, 0.25) is 5.91 Å². The number of nitrogens with one attached hydrogen (secondary N) is 1. The molecule has 0 saturated carbocycles. The number of anilines is 1. The van der Waals surface area contributed by atoms with Gasteiger partial charge >= 0.3 is 0 Å². The summed E-state index contributed by atoms with van der Waals surface area (Å²) in [6.45, 7) is 8.02. The Morgan fingerprint density at radius 1 is 1.46 bits per heavy atom. The third kappa shape index (κ3) is 3.68. The van der Waals surface area contributed by atoms with Crippen molar-refractivity contribution in [1.82, 2.24) is 10.3 Å². The lowest BCUT2D eigenvalue weighted by molar-refractivity contribution is -0.128. The van der Waals surface area contributed by atoms with Gasteiger partial charge in [0.05, 0.1) is 0 Å². The predicted octanol–water partition coefficient (Wildman–Crippen LogP) is 3.35. The molecule has 1 fully saturated rings. The molecule has 130 valence electrons. The second-order valence-electron chi connectivity index (χ2n) is 7.52. The molecular weight excluding hydrogens is 309 g/mol. The fraction of sp³-hybridized carbons (Fsp3) is 0.556. The van der Waals surface area contributed by atoms with Crippen molar-refractivity contribution in [3.8, 4) is 0 Å². The number of benzene rings is 1. The van der Waals surface area contributed by atoms with E-state index in [1.165, 1.54) is 12.1 Å². The van der Waals surface area contributed by atoms with Crippen LogP contribution in [0.2, 0.25) is 0 Å². The van der Waals surface area contributed by atoms with Crippen molar-refractivity contribution in [3.63, 3.8) is 0 Å². The van der Waals surface area contributed by atoms with Crippen LogP contribution >= 0.6 is 0 Å². The summed E-state index contributed by atoms with van der Waals surface area (Å²) in [5, 5.41) is 3.03. The highest BCUT2D eigenvalue weighted by molar-refractivity contribution is 5.81. The molecule has 0 bridgehead atoms. The van der Waals surface area contributed by atoms with Gasteiger partial charge in [0.1, 0.15) is 11.3 Å². The summed E-state index contributed by atoms with van der Waals surface area (Å²) in [7, 11) is 0. The summed E-state index contributed by atoms with van der Waals surface area (Å²) in [5.74, 6) is 0.0976. The quantitative estimate of drug-likeness (QED) is 0.936. The van der Waals surface area contributed by atoms with Crippen LogP contribution in [0.5, 0.6) is 0 Å². The first-order chi connectivity index (χ1) is 11.3. The average molecular weight is 333 g/mol. The molecule has 1 saturated heterocycles. The molecule has 1 unspecified atom stereocenters. The Balaban J connectivity index is 1.65. The van der Waals surface area contributed by atoms with E-state index in [9.17, 15) is 9.18 Å². The van der Waals surface area contributed by atoms with Gasteiger partial charge in [-0.2, -0.15) is 4.98 Å². The van der Waals surface area contributed by atoms with Gasteiger partial charge in [0.25, 0.3) is 6.01 Å². The zero-order chi connectivity index (χ0) is 17.3. The minimum Gasteiger partial charge on any atom is -0.423 e. The van der Waals surface area contributed by atoms with E-state index in [1.54, 1.807) is 6.07 Å². The smallest absolute Gasteiger partial charge is 0.298 e. The molecule has 2 aromatic rings. The second-order valence-corrected chi connectivity index (χ2v) is 7.52. The Morgan fingerprint density at radius 3 is 3.00 bits per heavy atom. The number of aromatic nitrogens is 1. The number of rotatable bonds is 3. The van der Waals surface area contributed by atoms with E-state index >= 15 is 0 Å². The van der Waals surface area contributed by atoms with E-state index in [-0.39, 0.29) is 17.1 Å². The summed E-state index contributed by atoms with van der Waals surface area (Å²) in [5.41, 5.74) is 0.751. The van der Waals surface area contributed by atoms with E-state index in [0.717, 1.165) is 25.9 Å². The van der Waals surface area contributed by atoms with Gasteiger partial charge in [-0.25, -0.2) is 4.39 Å². The second kappa shape index (κ2) is 6.42. The number of halogens is 1. The number of nitrogens with zero attached hydrogens (tertiary/aromatic N) is 2. The van der Waals surface area contributed by atoms with Crippen LogP contribution in [-0.4, -0.2) is 30.5 Å². The minimum absolute atomic E-state index is 0.0666. The van der Waals surface area contributed by atoms with Gasteiger partial charge in [-0.3, -0.25) is 4.79 Å². The highest BCUT2D eigenvalue weighted by atomic mass is 19.1. The summed E-state index contributed by atoms with van der Waals surface area (Å²) in [6, 6.07) is 4.90. The number of carbonyl (C=O) groups excluding carboxylic acids is 1. The molecule has 1 amide bonds. The lowest BCUT2D eigenvalue weighted by Crippen LogP contribution is -2.43. The van der Waals surface area contributed by atoms with E-state index in [4.69, 9.17) is 4.42 Å². The molecule has 1 aliphatic rings. The number of carbonyl (C=O) groups is 1. The van der Waals surface area contributed by atoms with Crippen molar-refractivity contribution in [1.29, 1.82) is 0 Å². The van der Waals surface area contributed by atoms with Crippen LogP contribution in [0.3, 0.4) is 0 Å². The van der Waals surface area contributed by atoms with Crippen LogP contribution in [0, 0.1) is 17.2 Å². The van der Waals surface area contributed by atoms with E-state index in [0.29, 0.717) is 29.6 Å². The van der Waals surface area contributed by atoms with Gasteiger partial charge in [0, 0.05) is 31.1 Å². The summed E-state index contributed by atoms with van der Waals surface area (Å²) in [6.07, 6.45) is 2.08. The Morgan fingerprint density at radius 2 is 2.25 bits per heavy atom. The molecule has 1 aromatic carbocycles. The fourth-order valence-corrected chi connectivity index (χ4v) is 2.93. The normalized spacial score (nSPS) is 18.8. The largest absolute Gasteiger partial charge is 0.423 e. The molecule has 0 spiro atoms. The standard InChI is InChI=1S/C18H24FN3O2/c1-18(2,3)16(23)20-10-12-5-4-8-22(11-12)17-21-14-7-6-13(19)9-15(14)24-17/h6-7,9,12H,4-5,8,10-11H2,1-3H3,(H,20,23). The summed E-state index contributed by atoms with van der Waals surface area (Å²) >= 11 is 0. The number of piperidine rings is 1. The molecule has 3 rings (SSSR count). The maximum Gasteiger partial charge on any atom is 0.298 e. The van der Waals surface area contributed by atoms with Crippen LogP contribution in [-0.2, 0) is 4.79 Å².